The molecular weight excluding hydrogens is 174 g/mol. The Hall–Kier alpha value is -1.18. The summed E-state index contributed by atoms with van der Waals surface area (Å²) in [5.41, 5.74) is 1.71. The first-order chi connectivity index (χ1) is 6.70. The van der Waals surface area contributed by atoms with Crippen LogP contribution in [0.2, 0.25) is 0 Å². The number of aromatic nitrogens is 1. The molecule has 1 aromatic rings. The molecule has 1 rings (SSSR count). The second kappa shape index (κ2) is 4.89. The number of rotatable bonds is 4. The fourth-order valence-corrected chi connectivity index (χ4v) is 1.36. The van der Waals surface area contributed by atoms with Crippen molar-refractivity contribution in [3.05, 3.63) is 29.6 Å². The number of hydrogen-bond acceptors (Lipinski definition) is 2. The molecule has 0 saturated carbocycles. The van der Waals surface area contributed by atoms with E-state index in [4.69, 9.17) is 0 Å². The van der Waals surface area contributed by atoms with Crippen LogP contribution in [0.1, 0.15) is 43.2 Å². The standard InChI is InChI=1S/C12H17NO/c1-4-9(3)12(14)11-10(5-2)7-6-8-13-11/h6-9H,4-5H2,1-3H3. The number of aryl methyl sites for hydroxylation is 1. The Labute approximate surface area is 85.4 Å². The SMILES string of the molecule is CCc1cccnc1C(=O)C(C)CC. The molecule has 0 fully saturated rings. The van der Waals surface area contributed by atoms with Crippen molar-refractivity contribution in [2.24, 2.45) is 5.92 Å². The average molecular weight is 191 g/mol. The van der Waals surface area contributed by atoms with Gasteiger partial charge in [0, 0.05) is 12.1 Å². The van der Waals surface area contributed by atoms with E-state index in [9.17, 15) is 4.79 Å². The summed E-state index contributed by atoms with van der Waals surface area (Å²) in [5.74, 6) is 0.250. The molecule has 2 heteroatoms. The van der Waals surface area contributed by atoms with E-state index in [1.807, 2.05) is 32.9 Å². The van der Waals surface area contributed by atoms with Gasteiger partial charge in [0.25, 0.3) is 0 Å². The lowest BCUT2D eigenvalue weighted by Crippen LogP contribution is -2.14. The van der Waals surface area contributed by atoms with E-state index in [0.717, 1.165) is 18.4 Å². The Balaban J connectivity index is 3.00. The van der Waals surface area contributed by atoms with Gasteiger partial charge in [-0.2, -0.15) is 0 Å². The van der Waals surface area contributed by atoms with E-state index >= 15 is 0 Å². The van der Waals surface area contributed by atoms with Crippen LogP contribution in [0.25, 0.3) is 0 Å². The molecule has 0 saturated heterocycles. The van der Waals surface area contributed by atoms with Crippen molar-refractivity contribution in [3.63, 3.8) is 0 Å². The van der Waals surface area contributed by atoms with E-state index < -0.39 is 0 Å². The number of carbonyl (C=O) groups is 1. The highest BCUT2D eigenvalue weighted by Gasteiger charge is 2.16. The van der Waals surface area contributed by atoms with Crippen molar-refractivity contribution < 1.29 is 4.79 Å². The fraction of sp³-hybridized carbons (Fsp3) is 0.500. The largest absolute Gasteiger partial charge is 0.292 e. The molecule has 0 spiro atoms. The maximum absolute atomic E-state index is 11.9. The fourth-order valence-electron chi connectivity index (χ4n) is 1.36. The van der Waals surface area contributed by atoms with Crippen LogP contribution in [0.3, 0.4) is 0 Å². The van der Waals surface area contributed by atoms with Crippen molar-refractivity contribution >= 4 is 5.78 Å². The molecule has 0 N–H and O–H groups in total. The lowest BCUT2D eigenvalue weighted by molar-refractivity contribution is 0.0921. The summed E-state index contributed by atoms with van der Waals surface area (Å²) < 4.78 is 0. The van der Waals surface area contributed by atoms with Crippen LogP contribution in [0, 0.1) is 5.92 Å². The second-order valence-corrected chi connectivity index (χ2v) is 3.54. The van der Waals surface area contributed by atoms with Gasteiger partial charge in [-0.15, -0.1) is 0 Å². The topological polar surface area (TPSA) is 30.0 Å². The lowest BCUT2D eigenvalue weighted by Gasteiger charge is -2.09. The van der Waals surface area contributed by atoms with Crippen LogP contribution in [-0.4, -0.2) is 10.8 Å². The first kappa shape index (κ1) is 10.9. The minimum Gasteiger partial charge on any atom is -0.292 e. The Morgan fingerprint density at radius 2 is 2.21 bits per heavy atom. The summed E-state index contributed by atoms with van der Waals surface area (Å²) in [7, 11) is 0. The molecule has 0 aliphatic carbocycles. The first-order valence-corrected chi connectivity index (χ1v) is 5.18. The Morgan fingerprint density at radius 3 is 2.79 bits per heavy atom. The van der Waals surface area contributed by atoms with Gasteiger partial charge in [-0.25, -0.2) is 0 Å². The minimum absolute atomic E-state index is 0.0789. The van der Waals surface area contributed by atoms with Crippen LogP contribution in [0.15, 0.2) is 18.3 Å². The second-order valence-electron chi connectivity index (χ2n) is 3.54. The zero-order chi connectivity index (χ0) is 10.6. The number of nitrogens with zero attached hydrogens (tertiary/aromatic N) is 1. The third-order valence-corrected chi connectivity index (χ3v) is 2.57. The minimum atomic E-state index is 0.0789. The zero-order valence-corrected chi connectivity index (χ0v) is 9.08. The summed E-state index contributed by atoms with van der Waals surface area (Å²) in [5, 5.41) is 0. The van der Waals surface area contributed by atoms with E-state index in [2.05, 4.69) is 4.98 Å². The van der Waals surface area contributed by atoms with Crippen LogP contribution < -0.4 is 0 Å². The highest BCUT2D eigenvalue weighted by Crippen LogP contribution is 2.14. The average Bonchev–Trinajstić information content (AvgIpc) is 2.26. The summed E-state index contributed by atoms with van der Waals surface area (Å²) in [4.78, 5) is 16.1. The molecule has 0 aliphatic heterocycles. The number of ketones is 1. The number of pyridine rings is 1. The van der Waals surface area contributed by atoms with Crippen molar-refractivity contribution in [2.75, 3.05) is 0 Å². The molecule has 1 unspecified atom stereocenters. The summed E-state index contributed by atoms with van der Waals surface area (Å²) >= 11 is 0. The number of carbonyl (C=O) groups excluding carboxylic acids is 1. The van der Waals surface area contributed by atoms with Crippen molar-refractivity contribution in [3.8, 4) is 0 Å². The van der Waals surface area contributed by atoms with Gasteiger partial charge >= 0.3 is 0 Å². The van der Waals surface area contributed by atoms with Gasteiger partial charge in [0.05, 0.1) is 0 Å². The molecule has 1 atom stereocenters. The predicted molar refractivity (Wildman–Crippen MR) is 57.4 cm³/mol. The monoisotopic (exact) mass is 191 g/mol. The number of hydrogen-bond donors (Lipinski definition) is 0. The highest BCUT2D eigenvalue weighted by atomic mass is 16.1. The maximum atomic E-state index is 11.9. The first-order valence-electron chi connectivity index (χ1n) is 5.18. The Kier molecular flexibility index (Phi) is 3.81. The van der Waals surface area contributed by atoms with Crippen LogP contribution in [-0.2, 0) is 6.42 Å². The maximum Gasteiger partial charge on any atom is 0.184 e. The third-order valence-electron chi connectivity index (χ3n) is 2.57. The zero-order valence-electron chi connectivity index (χ0n) is 9.08. The molecule has 0 radical (unpaired) electrons. The smallest absolute Gasteiger partial charge is 0.184 e. The van der Waals surface area contributed by atoms with E-state index in [0.29, 0.717) is 5.69 Å². The van der Waals surface area contributed by atoms with Gasteiger partial charge in [-0.1, -0.05) is 26.8 Å². The number of Topliss-reactive ketones (excluding diaryl/α,β-unsaturated/α-hetero) is 1. The molecule has 1 heterocycles. The molecule has 0 aromatic carbocycles. The van der Waals surface area contributed by atoms with Crippen molar-refractivity contribution in [1.82, 2.24) is 4.98 Å². The third kappa shape index (κ3) is 2.19. The molecule has 14 heavy (non-hydrogen) atoms. The summed E-state index contributed by atoms with van der Waals surface area (Å²) in [6.45, 7) is 6.03. The van der Waals surface area contributed by atoms with Crippen LogP contribution >= 0.6 is 0 Å². The predicted octanol–water partition coefficient (Wildman–Crippen LogP) is 2.87. The van der Waals surface area contributed by atoms with Crippen LogP contribution in [0.5, 0.6) is 0 Å². The van der Waals surface area contributed by atoms with Gasteiger partial charge in [0.15, 0.2) is 5.78 Å². The van der Waals surface area contributed by atoms with E-state index in [1.165, 1.54) is 0 Å². The van der Waals surface area contributed by atoms with Gasteiger partial charge < -0.3 is 0 Å². The molecule has 0 amide bonds. The molecule has 1 aromatic heterocycles. The molecular formula is C12H17NO. The Bertz CT molecular complexity index is 320. The molecule has 2 nitrogen and oxygen atoms in total. The lowest BCUT2D eigenvalue weighted by atomic mass is 9.97. The van der Waals surface area contributed by atoms with Crippen molar-refractivity contribution in [1.29, 1.82) is 0 Å². The molecule has 0 bridgehead atoms. The summed E-state index contributed by atoms with van der Waals surface area (Å²) in [6, 6.07) is 3.86. The van der Waals surface area contributed by atoms with Gasteiger partial charge in [0.1, 0.15) is 5.69 Å². The normalized spacial score (nSPS) is 12.5. The van der Waals surface area contributed by atoms with Gasteiger partial charge in [-0.05, 0) is 24.5 Å². The van der Waals surface area contributed by atoms with E-state index in [-0.39, 0.29) is 11.7 Å². The van der Waals surface area contributed by atoms with Gasteiger partial charge in [-0.3, -0.25) is 9.78 Å². The van der Waals surface area contributed by atoms with E-state index in [1.54, 1.807) is 6.20 Å². The summed E-state index contributed by atoms with van der Waals surface area (Å²) in [6.07, 6.45) is 3.43. The van der Waals surface area contributed by atoms with Gasteiger partial charge in [0.2, 0.25) is 0 Å². The molecule has 76 valence electrons. The Morgan fingerprint density at radius 1 is 1.50 bits per heavy atom. The molecule has 0 aliphatic rings. The highest BCUT2D eigenvalue weighted by molar-refractivity contribution is 5.97. The van der Waals surface area contributed by atoms with Crippen LogP contribution in [0.4, 0.5) is 0 Å². The van der Waals surface area contributed by atoms with Crippen molar-refractivity contribution in [2.45, 2.75) is 33.6 Å². The quantitative estimate of drug-likeness (QED) is 0.685.